The van der Waals surface area contributed by atoms with Crippen LogP contribution in [-0.2, 0) is 11.2 Å². The van der Waals surface area contributed by atoms with E-state index in [1.165, 1.54) is 16.7 Å². The first-order valence-electron chi connectivity index (χ1n) is 9.79. The summed E-state index contributed by atoms with van der Waals surface area (Å²) in [4.78, 5) is 29.7. The Labute approximate surface area is 179 Å². The van der Waals surface area contributed by atoms with Crippen LogP contribution in [0.25, 0.3) is 16.6 Å². The number of aromatic nitrogens is 2. The highest BCUT2D eigenvalue weighted by atomic mass is 19.1. The molecular weight excluding hydrogens is 399 g/mol. The van der Waals surface area contributed by atoms with Gasteiger partial charge < -0.3 is 10.1 Å². The molecule has 1 amide bonds. The summed E-state index contributed by atoms with van der Waals surface area (Å²) < 4.78 is 21.0. The Morgan fingerprint density at radius 1 is 1.29 bits per heavy atom. The van der Waals surface area contributed by atoms with Crippen molar-refractivity contribution in [2.75, 3.05) is 6.54 Å². The van der Waals surface area contributed by atoms with Gasteiger partial charge in [-0.25, -0.2) is 14.2 Å². The molecule has 0 aliphatic heterocycles. The maximum atomic E-state index is 14.5. The number of carbonyl (C=O) groups is 1. The van der Waals surface area contributed by atoms with Crippen LogP contribution in [0.1, 0.15) is 37.7 Å². The van der Waals surface area contributed by atoms with Crippen molar-refractivity contribution in [1.82, 2.24) is 14.9 Å². The molecule has 0 unspecified atom stereocenters. The fourth-order valence-electron chi connectivity index (χ4n) is 3.19. The van der Waals surface area contributed by atoms with E-state index < -0.39 is 23.1 Å². The van der Waals surface area contributed by atoms with Gasteiger partial charge in [-0.2, -0.15) is 5.26 Å². The number of aryl methyl sites for hydroxylation is 1. The van der Waals surface area contributed by atoms with E-state index in [-0.39, 0.29) is 29.7 Å². The fourth-order valence-corrected chi connectivity index (χ4v) is 3.19. The molecule has 3 aromatic rings. The molecule has 0 bridgehead atoms. The van der Waals surface area contributed by atoms with Gasteiger partial charge in [0.1, 0.15) is 22.8 Å². The summed E-state index contributed by atoms with van der Waals surface area (Å²) >= 11 is 0. The number of carbonyl (C=O) groups excluding carboxylic acids is 1. The average Bonchev–Trinajstić information content (AvgIpc) is 2.69. The topological polar surface area (TPSA) is 97.0 Å². The minimum atomic E-state index is -0.647. The number of hydrogen-bond acceptors (Lipinski definition) is 5. The van der Waals surface area contributed by atoms with Crippen molar-refractivity contribution in [3.8, 4) is 11.8 Å². The SMILES string of the molecule is Cc1ccc(F)c2nc(CCNC(=O)OC(C)(C)C)n(-c3cccc(C#N)c3)c(=O)c12. The lowest BCUT2D eigenvalue weighted by Crippen LogP contribution is -2.34. The highest BCUT2D eigenvalue weighted by Crippen LogP contribution is 2.20. The maximum absolute atomic E-state index is 14.5. The van der Waals surface area contributed by atoms with Crippen molar-refractivity contribution >= 4 is 17.0 Å². The zero-order valence-electron chi connectivity index (χ0n) is 17.8. The predicted molar refractivity (Wildman–Crippen MR) is 115 cm³/mol. The number of nitrogens with one attached hydrogen (secondary N) is 1. The summed E-state index contributed by atoms with van der Waals surface area (Å²) in [6.45, 7) is 7.09. The first-order chi connectivity index (χ1) is 14.6. The molecule has 0 fully saturated rings. The highest BCUT2D eigenvalue weighted by Gasteiger charge is 2.19. The summed E-state index contributed by atoms with van der Waals surface area (Å²) in [5.41, 5.74) is 0.297. The van der Waals surface area contributed by atoms with Crippen LogP contribution >= 0.6 is 0 Å². The first-order valence-corrected chi connectivity index (χ1v) is 9.79. The quantitative estimate of drug-likeness (QED) is 0.690. The van der Waals surface area contributed by atoms with Gasteiger partial charge in [-0.15, -0.1) is 0 Å². The van der Waals surface area contributed by atoms with E-state index >= 15 is 0 Å². The van der Waals surface area contributed by atoms with E-state index in [1.54, 1.807) is 52.0 Å². The van der Waals surface area contributed by atoms with Crippen LogP contribution in [-0.4, -0.2) is 27.8 Å². The van der Waals surface area contributed by atoms with Gasteiger partial charge in [-0.1, -0.05) is 12.1 Å². The van der Waals surface area contributed by atoms with Crippen molar-refractivity contribution in [3.05, 3.63) is 69.5 Å². The van der Waals surface area contributed by atoms with E-state index in [0.29, 0.717) is 16.8 Å². The maximum Gasteiger partial charge on any atom is 0.407 e. The van der Waals surface area contributed by atoms with Crippen LogP contribution in [0.3, 0.4) is 0 Å². The number of rotatable bonds is 4. The number of alkyl carbamates (subject to hydrolysis) is 1. The summed E-state index contributed by atoms with van der Waals surface area (Å²) in [5.74, 6) is -0.342. The molecule has 1 aromatic heterocycles. The second-order valence-electron chi connectivity index (χ2n) is 8.10. The third-order valence-corrected chi connectivity index (χ3v) is 4.50. The molecule has 31 heavy (non-hydrogen) atoms. The third-order valence-electron chi connectivity index (χ3n) is 4.50. The molecule has 0 saturated carbocycles. The van der Waals surface area contributed by atoms with E-state index in [1.807, 2.05) is 6.07 Å². The van der Waals surface area contributed by atoms with Crippen LogP contribution in [0.2, 0.25) is 0 Å². The second-order valence-corrected chi connectivity index (χ2v) is 8.10. The van der Waals surface area contributed by atoms with Gasteiger partial charge in [-0.3, -0.25) is 9.36 Å². The van der Waals surface area contributed by atoms with Crippen molar-refractivity contribution in [2.45, 2.75) is 39.7 Å². The largest absolute Gasteiger partial charge is 0.444 e. The Kier molecular flexibility index (Phi) is 6.07. The number of amides is 1. The van der Waals surface area contributed by atoms with Crippen molar-refractivity contribution < 1.29 is 13.9 Å². The summed E-state index contributed by atoms with van der Waals surface area (Å²) in [6, 6.07) is 11.4. The van der Waals surface area contributed by atoms with E-state index in [0.717, 1.165) is 0 Å². The van der Waals surface area contributed by atoms with E-state index in [9.17, 15) is 19.2 Å². The molecular formula is C23H23FN4O3. The third kappa shape index (κ3) is 4.89. The first kappa shape index (κ1) is 22.0. The lowest BCUT2D eigenvalue weighted by molar-refractivity contribution is 0.0528. The predicted octanol–water partition coefficient (Wildman–Crippen LogP) is 3.77. The van der Waals surface area contributed by atoms with Gasteiger partial charge in [0.2, 0.25) is 0 Å². The monoisotopic (exact) mass is 422 g/mol. The minimum absolute atomic E-state index is 0.0232. The molecule has 160 valence electrons. The molecule has 1 N–H and O–H groups in total. The molecule has 0 spiro atoms. The molecule has 0 aliphatic rings. The molecule has 0 saturated heterocycles. The van der Waals surface area contributed by atoms with Gasteiger partial charge in [0.05, 0.1) is 22.7 Å². The lowest BCUT2D eigenvalue weighted by Gasteiger charge is -2.20. The zero-order valence-corrected chi connectivity index (χ0v) is 17.8. The number of nitriles is 1. The van der Waals surface area contributed by atoms with Crippen LogP contribution < -0.4 is 10.9 Å². The second kappa shape index (κ2) is 8.56. The van der Waals surface area contributed by atoms with Crippen LogP contribution in [0.15, 0.2) is 41.2 Å². The van der Waals surface area contributed by atoms with Gasteiger partial charge in [0.25, 0.3) is 5.56 Å². The highest BCUT2D eigenvalue weighted by molar-refractivity contribution is 5.82. The van der Waals surface area contributed by atoms with Gasteiger partial charge in [0.15, 0.2) is 0 Å². The van der Waals surface area contributed by atoms with E-state index in [2.05, 4.69) is 10.3 Å². The van der Waals surface area contributed by atoms with E-state index in [4.69, 9.17) is 4.74 Å². The van der Waals surface area contributed by atoms with Crippen LogP contribution in [0, 0.1) is 24.1 Å². The Bertz CT molecular complexity index is 1250. The Balaban J connectivity index is 2.08. The number of fused-ring (bicyclic) bond motifs is 1. The number of ether oxygens (including phenoxy) is 1. The number of hydrogen-bond donors (Lipinski definition) is 1. The molecule has 0 aliphatic carbocycles. The Morgan fingerprint density at radius 2 is 2.03 bits per heavy atom. The fraction of sp³-hybridized carbons (Fsp3) is 0.304. The zero-order chi connectivity index (χ0) is 22.8. The minimum Gasteiger partial charge on any atom is -0.444 e. The standard InChI is InChI=1S/C23H23FN4O3/c1-14-8-9-17(24)20-19(14)21(29)28(16-7-5-6-15(12-16)13-25)18(27-20)10-11-26-22(30)31-23(2,3)4/h5-9,12H,10-11H2,1-4H3,(H,26,30). The average molecular weight is 422 g/mol. The number of benzene rings is 2. The molecule has 0 radical (unpaired) electrons. The van der Waals surface area contributed by atoms with Gasteiger partial charge in [-0.05, 0) is 57.5 Å². The molecule has 2 aromatic carbocycles. The van der Waals surface area contributed by atoms with Crippen molar-refractivity contribution in [3.63, 3.8) is 0 Å². The van der Waals surface area contributed by atoms with Crippen molar-refractivity contribution in [1.29, 1.82) is 5.26 Å². The van der Waals surface area contributed by atoms with Gasteiger partial charge in [0, 0.05) is 13.0 Å². The van der Waals surface area contributed by atoms with Crippen molar-refractivity contribution in [2.24, 2.45) is 0 Å². The molecule has 8 heteroatoms. The smallest absolute Gasteiger partial charge is 0.407 e. The normalized spacial score (nSPS) is 11.2. The lowest BCUT2D eigenvalue weighted by atomic mass is 10.1. The summed E-state index contributed by atoms with van der Waals surface area (Å²) in [7, 11) is 0. The summed E-state index contributed by atoms with van der Waals surface area (Å²) in [6.07, 6.45) is -0.454. The molecule has 1 heterocycles. The Morgan fingerprint density at radius 3 is 2.71 bits per heavy atom. The number of halogens is 1. The Hall–Kier alpha value is -3.73. The number of nitrogens with zero attached hydrogens (tertiary/aromatic N) is 3. The van der Waals surface area contributed by atoms with Gasteiger partial charge >= 0.3 is 6.09 Å². The van der Waals surface area contributed by atoms with Crippen LogP contribution in [0.5, 0.6) is 0 Å². The molecule has 0 atom stereocenters. The summed E-state index contributed by atoms with van der Waals surface area (Å²) in [5, 5.41) is 12.0. The van der Waals surface area contributed by atoms with Crippen LogP contribution in [0.4, 0.5) is 9.18 Å². The molecule has 3 rings (SSSR count). The molecule has 7 nitrogen and oxygen atoms in total.